The van der Waals surface area contributed by atoms with E-state index < -0.39 is 12.2 Å². The van der Waals surface area contributed by atoms with Crippen molar-refractivity contribution >= 4 is 11.0 Å². The van der Waals surface area contributed by atoms with Gasteiger partial charge >= 0.3 is 5.69 Å². The van der Waals surface area contributed by atoms with E-state index in [1.165, 1.54) is 0 Å². The van der Waals surface area contributed by atoms with E-state index in [1.54, 1.807) is 9.13 Å². The van der Waals surface area contributed by atoms with Crippen molar-refractivity contribution in [3.05, 3.63) is 34.7 Å². The maximum Gasteiger partial charge on any atom is 0.329 e. The minimum Gasteiger partial charge on any atom is -0.390 e. The molecule has 2 N–H and O–H groups in total. The minimum atomic E-state index is -0.627. The molecule has 2 atom stereocenters. The number of hydrogen-bond acceptors (Lipinski definition) is 5. The van der Waals surface area contributed by atoms with Crippen LogP contribution in [0.4, 0.5) is 0 Å². The third-order valence-electron chi connectivity index (χ3n) is 5.44. The summed E-state index contributed by atoms with van der Waals surface area (Å²) in [6.07, 6.45) is -1.25. The van der Waals surface area contributed by atoms with Gasteiger partial charge in [0.1, 0.15) is 0 Å². The van der Waals surface area contributed by atoms with Crippen LogP contribution in [0.15, 0.2) is 29.1 Å². The summed E-state index contributed by atoms with van der Waals surface area (Å²) in [4.78, 5) is 17.4. The van der Waals surface area contributed by atoms with Gasteiger partial charge in [-0.05, 0) is 38.3 Å². The molecule has 0 fully saturated rings. The molecule has 1 aromatic carbocycles. The van der Waals surface area contributed by atoms with Crippen LogP contribution < -0.4 is 5.69 Å². The molecule has 0 aliphatic rings. The SMILES string of the molecule is CCN(CC)C[C@H](O)Cn1c(=O)n(C[C@@H](O)CN(CC)CC)c2ccccc21. The molecule has 0 saturated carbocycles. The summed E-state index contributed by atoms with van der Waals surface area (Å²) in [5.74, 6) is 0. The zero-order valence-corrected chi connectivity index (χ0v) is 17.7. The first-order valence-corrected chi connectivity index (χ1v) is 10.4. The number of nitrogens with zero attached hydrogens (tertiary/aromatic N) is 4. The largest absolute Gasteiger partial charge is 0.390 e. The van der Waals surface area contributed by atoms with E-state index >= 15 is 0 Å². The molecule has 0 amide bonds. The number of rotatable bonds is 12. The molecule has 1 aromatic heterocycles. The summed E-state index contributed by atoms with van der Waals surface area (Å²) in [7, 11) is 0. The van der Waals surface area contributed by atoms with Gasteiger partial charge in [-0.15, -0.1) is 0 Å². The molecular weight excluding hydrogens is 356 g/mol. The first-order chi connectivity index (χ1) is 13.4. The second-order valence-corrected chi connectivity index (χ2v) is 7.27. The van der Waals surface area contributed by atoms with Gasteiger partial charge in [0.2, 0.25) is 0 Å². The summed E-state index contributed by atoms with van der Waals surface area (Å²) in [5, 5.41) is 21.1. The van der Waals surface area contributed by atoms with Gasteiger partial charge < -0.3 is 20.0 Å². The Kier molecular flexibility index (Phi) is 8.69. The fraction of sp³-hybridized carbons (Fsp3) is 0.667. The summed E-state index contributed by atoms with van der Waals surface area (Å²) in [6, 6.07) is 7.58. The summed E-state index contributed by atoms with van der Waals surface area (Å²) >= 11 is 0. The average molecular weight is 393 g/mol. The number of fused-ring (bicyclic) bond motifs is 1. The fourth-order valence-corrected chi connectivity index (χ4v) is 3.72. The molecule has 0 aliphatic carbocycles. The van der Waals surface area contributed by atoms with E-state index in [0.717, 1.165) is 37.2 Å². The van der Waals surface area contributed by atoms with E-state index in [2.05, 4.69) is 37.5 Å². The van der Waals surface area contributed by atoms with Crippen molar-refractivity contribution < 1.29 is 10.2 Å². The van der Waals surface area contributed by atoms with E-state index in [-0.39, 0.29) is 18.8 Å². The normalized spacial score (nSPS) is 14.3. The number of hydrogen-bond donors (Lipinski definition) is 2. The van der Waals surface area contributed by atoms with E-state index in [1.807, 2.05) is 24.3 Å². The smallest absolute Gasteiger partial charge is 0.329 e. The maximum atomic E-state index is 13.1. The number of para-hydroxylation sites is 2. The molecule has 7 heteroatoms. The first kappa shape index (κ1) is 22.6. The Hall–Kier alpha value is -1.67. The van der Waals surface area contributed by atoms with Gasteiger partial charge in [0.15, 0.2) is 0 Å². The molecule has 0 radical (unpaired) electrons. The summed E-state index contributed by atoms with van der Waals surface area (Å²) < 4.78 is 3.27. The molecule has 158 valence electrons. The average Bonchev–Trinajstić information content (AvgIpc) is 2.96. The van der Waals surface area contributed by atoms with Crippen molar-refractivity contribution in [2.45, 2.75) is 53.0 Å². The van der Waals surface area contributed by atoms with E-state index in [0.29, 0.717) is 13.1 Å². The maximum absolute atomic E-state index is 13.1. The third kappa shape index (κ3) is 5.44. The Morgan fingerprint density at radius 3 is 1.46 bits per heavy atom. The van der Waals surface area contributed by atoms with Crippen LogP contribution in [-0.4, -0.2) is 80.6 Å². The lowest BCUT2D eigenvalue weighted by atomic mass is 10.2. The minimum absolute atomic E-state index is 0.182. The molecular formula is C21H36N4O3. The Morgan fingerprint density at radius 2 is 1.14 bits per heavy atom. The van der Waals surface area contributed by atoms with Gasteiger partial charge in [-0.2, -0.15) is 0 Å². The standard InChI is InChI=1S/C21H36N4O3/c1-5-22(6-2)13-17(26)15-24-19-11-9-10-12-20(19)25(21(24)28)16-18(27)14-23(7-3)8-4/h9-12,17-18,26-27H,5-8,13-16H2,1-4H3/t17-,18-/m0/s1. The van der Waals surface area contributed by atoms with Gasteiger partial charge in [0, 0.05) is 13.1 Å². The van der Waals surface area contributed by atoms with E-state index in [9.17, 15) is 15.0 Å². The highest BCUT2D eigenvalue weighted by Gasteiger charge is 2.19. The summed E-state index contributed by atoms with van der Waals surface area (Å²) in [5.41, 5.74) is 1.40. The number of likely N-dealkylation sites (N-methyl/N-ethyl adjacent to an activating group) is 2. The topological polar surface area (TPSA) is 73.9 Å². The monoisotopic (exact) mass is 392 g/mol. The highest BCUT2D eigenvalue weighted by Crippen LogP contribution is 2.14. The molecule has 2 aromatic rings. The van der Waals surface area contributed by atoms with Crippen molar-refractivity contribution in [3.63, 3.8) is 0 Å². The number of aliphatic hydroxyl groups is 2. The number of benzene rings is 1. The van der Waals surface area contributed by atoms with Crippen molar-refractivity contribution in [1.82, 2.24) is 18.9 Å². The van der Waals surface area contributed by atoms with Crippen LogP contribution in [-0.2, 0) is 13.1 Å². The van der Waals surface area contributed by atoms with E-state index in [4.69, 9.17) is 0 Å². The lowest BCUT2D eigenvalue weighted by Gasteiger charge is -2.22. The van der Waals surface area contributed by atoms with Crippen LogP contribution in [0.1, 0.15) is 27.7 Å². The lowest BCUT2D eigenvalue weighted by molar-refractivity contribution is 0.0986. The quantitative estimate of drug-likeness (QED) is 0.568. The predicted molar refractivity (Wildman–Crippen MR) is 114 cm³/mol. The second-order valence-electron chi connectivity index (χ2n) is 7.27. The Balaban J connectivity index is 2.26. The Bertz CT molecular complexity index is 716. The van der Waals surface area contributed by atoms with Gasteiger partial charge in [-0.1, -0.05) is 39.8 Å². The number of aliphatic hydroxyl groups excluding tert-OH is 2. The summed E-state index contributed by atoms with van der Waals surface area (Å²) in [6.45, 7) is 13.2. The number of aromatic nitrogens is 2. The molecule has 0 saturated heterocycles. The zero-order valence-electron chi connectivity index (χ0n) is 17.7. The predicted octanol–water partition coefficient (Wildman–Crippen LogP) is 1.21. The van der Waals surface area contributed by atoms with Gasteiger partial charge in [0.25, 0.3) is 0 Å². The molecule has 28 heavy (non-hydrogen) atoms. The lowest BCUT2D eigenvalue weighted by Crippen LogP contribution is -2.39. The van der Waals surface area contributed by atoms with Crippen molar-refractivity contribution in [2.24, 2.45) is 0 Å². The molecule has 0 unspecified atom stereocenters. The number of imidazole rings is 1. The van der Waals surface area contributed by atoms with Crippen LogP contribution in [0.3, 0.4) is 0 Å². The van der Waals surface area contributed by atoms with Crippen LogP contribution in [0.5, 0.6) is 0 Å². The van der Waals surface area contributed by atoms with Crippen molar-refractivity contribution in [3.8, 4) is 0 Å². The molecule has 0 bridgehead atoms. The van der Waals surface area contributed by atoms with Gasteiger partial charge in [0.05, 0.1) is 36.3 Å². The van der Waals surface area contributed by atoms with Crippen LogP contribution >= 0.6 is 0 Å². The Morgan fingerprint density at radius 1 is 0.786 bits per heavy atom. The molecule has 0 spiro atoms. The zero-order chi connectivity index (χ0) is 20.7. The highest BCUT2D eigenvalue weighted by molar-refractivity contribution is 5.76. The van der Waals surface area contributed by atoms with Crippen molar-refractivity contribution in [1.29, 1.82) is 0 Å². The van der Waals surface area contributed by atoms with Crippen LogP contribution in [0.25, 0.3) is 11.0 Å². The first-order valence-electron chi connectivity index (χ1n) is 10.4. The third-order valence-corrected chi connectivity index (χ3v) is 5.44. The van der Waals surface area contributed by atoms with Gasteiger partial charge in [-0.25, -0.2) is 4.79 Å². The fourth-order valence-electron chi connectivity index (χ4n) is 3.72. The second kappa shape index (κ2) is 10.8. The highest BCUT2D eigenvalue weighted by atomic mass is 16.3. The van der Waals surface area contributed by atoms with Gasteiger partial charge in [-0.3, -0.25) is 9.13 Å². The van der Waals surface area contributed by atoms with Crippen LogP contribution in [0.2, 0.25) is 0 Å². The molecule has 1 heterocycles. The Labute approximate surface area is 167 Å². The van der Waals surface area contributed by atoms with Crippen LogP contribution in [0, 0.1) is 0 Å². The molecule has 2 rings (SSSR count). The molecule has 7 nitrogen and oxygen atoms in total. The molecule has 0 aliphatic heterocycles. The van der Waals surface area contributed by atoms with Crippen molar-refractivity contribution in [2.75, 3.05) is 39.3 Å².